The van der Waals surface area contributed by atoms with Gasteiger partial charge in [0.2, 0.25) is 0 Å². The summed E-state index contributed by atoms with van der Waals surface area (Å²) in [5, 5.41) is 8.21. The molecule has 1 N–H and O–H groups in total. The average Bonchev–Trinajstić information content (AvgIpc) is 1.89. The fourth-order valence-corrected chi connectivity index (χ4v) is 0.327. The van der Waals surface area contributed by atoms with E-state index in [1.807, 2.05) is 0 Å². The minimum Gasteiger partial charge on any atom is -0.392 e. The highest BCUT2D eigenvalue weighted by molar-refractivity contribution is 5.50. The molecule has 0 heterocycles. The quantitative estimate of drug-likeness (QED) is 0.317. The third-order valence-corrected chi connectivity index (χ3v) is 0.672. The first-order valence-corrected chi connectivity index (χ1v) is 2.69. The van der Waals surface area contributed by atoms with Gasteiger partial charge in [-0.2, -0.15) is 0 Å². The molecule has 0 unspecified atom stereocenters. The highest BCUT2D eigenvalue weighted by Gasteiger charge is 1.77. The van der Waals surface area contributed by atoms with E-state index in [1.54, 1.807) is 12.2 Å². The van der Waals surface area contributed by atoms with E-state index in [1.165, 1.54) is 0 Å². The Bertz CT molecular complexity index is 88.3. The molecule has 0 saturated carbocycles. The lowest BCUT2D eigenvalue weighted by Gasteiger charge is -1.89. The van der Waals surface area contributed by atoms with Gasteiger partial charge in [0, 0.05) is 0 Å². The van der Waals surface area contributed by atoms with Crippen molar-refractivity contribution in [3.63, 3.8) is 0 Å². The summed E-state index contributed by atoms with van der Waals surface area (Å²) < 4.78 is 4.72. The highest BCUT2D eigenvalue weighted by atomic mass is 16.5. The van der Waals surface area contributed by atoms with Crippen LogP contribution in [0.4, 0.5) is 0 Å². The van der Waals surface area contributed by atoms with Crippen LogP contribution in [0.1, 0.15) is 0 Å². The van der Waals surface area contributed by atoms with Crippen LogP contribution in [0.3, 0.4) is 0 Å². The van der Waals surface area contributed by atoms with E-state index in [2.05, 4.69) is 0 Å². The monoisotopic (exact) mass is 130 g/mol. The molecule has 0 aromatic rings. The molecular formula is C6H10O3. The second kappa shape index (κ2) is 7.33. The molecule has 0 aromatic heterocycles. The molecule has 0 amide bonds. The molecule has 0 radical (unpaired) electrons. The maximum Gasteiger partial charge on any atom is 0.145 e. The summed E-state index contributed by atoms with van der Waals surface area (Å²) >= 11 is 0. The third-order valence-electron chi connectivity index (χ3n) is 0.672. The van der Waals surface area contributed by atoms with E-state index < -0.39 is 0 Å². The number of hydrogen-bond donors (Lipinski definition) is 1. The van der Waals surface area contributed by atoms with Gasteiger partial charge in [0.15, 0.2) is 0 Å². The first-order chi connectivity index (χ1) is 4.41. The van der Waals surface area contributed by atoms with Gasteiger partial charge in [0.05, 0.1) is 13.2 Å². The fraction of sp³-hybridized carbons (Fsp3) is 0.500. The lowest BCUT2D eigenvalue weighted by molar-refractivity contribution is -0.111. The summed E-state index contributed by atoms with van der Waals surface area (Å²) in [6.45, 7) is 0.527. The van der Waals surface area contributed by atoms with E-state index in [9.17, 15) is 4.79 Å². The molecule has 0 aliphatic heterocycles. The Balaban J connectivity index is 2.90. The van der Waals surface area contributed by atoms with Gasteiger partial charge in [-0.3, -0.25) is 0 Å². The molecule has 0 aliphatic rings. The standard InChI is InChI=1S/C6H10O3/c7-3-1-2-5-9-6-4-8/h1-2,4,7H,3,5-6H2/b2-1-. The van der Waals surface area contributed by atoms with Crippen molar-refractivity contribution in [2.75, 3.05) is 19.8 Å². The van der Waals surface area contributed by atoms with Gasteiger partial charge in [-0.15, -0.1) is 0 Å². The normalized spacial score (nSPS) is 10.3. The molecular weight excluding hydrogens is 120 g/mol. The Labute approximate surface area is 53.9 Å². The number of ether oxygens (including phenoxy) is 1. The van der Waals surface area contributed by atoms with Crippen LogP contribution < -0.4 is 0 Å². The molecule has 0 atom stereocenters. The fourth-order valence-electron chi connectivity index (χ4n) is 0.327. The molecule has 0 saturated heterocycles. The van der Waals surface area contributed by atoms with Crippen LogP contribution in [-0.4, -0.2) is 31.2 Å². The van der Waals surface area contributed by atoms with Crippen LogP contribution in [0.5, 0.6) is 0 Å². The molecule has 0 spiro atoms. The van der Waals surface area contributed by atoms with E-state index >= 15 is 0 Å². The number of aldehydes is 1. The minimum atomic E-state index is 0.0183. The smallest absolute Gasteiger partial charge is 0.145 e. The number of aliphatic hydroxyl groups excluding tert-OH is 1. The van der Waals surface area contributed by atoms with Crippen LogP contribution >= 0.6 is 0 Å². The van der Waals surface area contributed by atoms with Crippen LogP contribution in [0, 0.1) is 0 Å². The molecule has 0 aromatic carbocycles. The van der Waals surface area contributed by atoms with Crippen LogP contribution in [-0.2, 0) is 9.53 Å². The van der Waals surface area contributed by atoms with Crippen molar-refractivity contribution in [1.82, 2.24) is 0 Å². The van der Waals surface area contributed by atoms with Gasteiger partial charge in [-0.05, 0) is 0 Å². The topological polar surface area (TPSA) is 46.5 Å². The van der Waals surface area contributed by atoms with Crippen molar-refractivity contribution in [2.24, 2.45) is 0 Å². The van der Waals surface area contributed by atoms with Gasteiger partial charge in [-0.1, -0.05) is 12.2 Å². The molecule has 0 aliphatic carbocycles. The average molecular weight is 130 g/mol. The Kier molecular flexibility index (Phi) is 6.78. The summed E-state index contributed by atoms with van der Waals surface area (Å²) in [5.74, 6) is 0. The van der Waals surface area contributed by atoms with Crippen LogP contribution in [0.25, 0.3) is 0 Å². The van der Waals surface area contributed by atoms with Crippen molar-refractivity contribution < 1.29 is 14.6 Å². The minimum absolute atomic E-state index is 0.0183. The number of carbonyl (C=O) groups excluding carboxylic acids is 1. The summed E-state index contributed by atoms with van der Waals surface area (Å²) in [4.78, 5) is 9.64. The zero-order valence-corrected chi connectivity index (χ0v) is 5.12. The van der Waals surface area contributed by atoms with E-state index in [-0.39, 0.29) is 13.2 Å². The Morgan fingerprint density at radius 3 is 2.67 bits per heavy atom. The molecule has 3 heteroatoms. The summed E-state index contributed by atoms with van der Waals surface area (Å²) in [5.41, 5.74) is 0. The summed E-state index contributed by atoms with van der Waals surface area (Å²) in [6, 6.07) is 0. The third kappa shape index (κ3) is 7.33. The molecule has 0 fully saturated rings. The van der Waals surface area contributed by atoms with Crippen molar-refractivity contribution in [3.05, 3.63) is 12.2 Å². The zero-order valence-electron chi connectivity index (χ0n) is 5.12. The Morgan fingerprint density at radius 2 is 2.11 bits per heavy atom. The maximum atomic E-state index is 9.64. The predicted molar refractivity (Wildman–Crippen MR) is 33.1 cm³/mol. The number of hydrogen-bond acceptors (Lipinski definition) is 3. The first kappa shape index (κ1) is 8.33. The van der Waals surface area contributed by atoms with Gasteiger partial charge >= 0.3 is 0 Å². The molecule has 52 valence electrons. The second-order valence-corrected chi connectivity index (χ2v) is 1.36. The number of carbonyl (C=O) groups is 1. The highest BCUT2D eigenvalue weighted by Crippen LogP contribution is 1.73. The van der Waals surface area contributed by atoms with Crippen molar-refractivity contribution in [2.45, 2.75) is 0 Å². The maximum absolute atomic E-state index is 9.64. The second-order valence-electron chi connectivity index (χ2n) is 1.36. The lowest BCUT2D eigenvalue weighted by Crippen LogP contribution is -1.94. The van der Waals surface area contributed by atoms with Gasteiger partial charge in [0.25, 0.3) is 0 Å². The van der Waals surface area contributed by atoms with Crippen molar-refractivity contribution in [3.8, 4) is 0 Å². The molecule has 3 nitrogen and oxygen atoms in total. The van der Waals surface area contributed by atoms with Gasteiger partial charge in [-0.25, -0.2) is 0 Å². The zero-order chi connectivity index (χ0) is 6.95. The summed E-state index contributed by atoms with van der Waals surface area (Å²) in [7, 11) is 0. The Morgan fingerprint density at radius 1 is 1.33 bits per heavy atom. The predicted octanol–water partition coefficient (Wildman–Crippen LogP) is -0.250. The van der Waals surface area contributed by atoms with E-state index in [0.717, 1.165) is 0 Å². The molecule has 9 heavy (non-hydrogen) atoms. The number of rotatable bonds is 5. The first-order valence-electron chi connectivity index (χ1n) is 2.69. The van der Waals surface area contributed by atoms with Gasteiger partial charge < -0.3 is 14.6 Å². The number of aliphatic hydroxyl groups is 1. The molecule has 0 bridgehead atoms. The van der Waals surface area contributed by atoms with E-state index in [0.29, 0.717) is 12.9 Å². The largest absolute Gasteiger partial charge is 0.392 e. The van der Waals surface area contributed by atoms with Crippen LogP contribution in [0.15, 0.2) is 12.2 Å². The lowest BCUT2D eigenvalue weighted by atomic mass is 10.5. The van der Waals surface area contributed by atoms with Crippen molar-refractivity contribution >= 4 is 6.29 Å². The van der Waals surface area contributed by atoms with Gasteiger partial charge in [0.1, 0.15) is 12.9 Å². The SMILES string of the molecule is O=CCOC/C=C\CO. The van der Waals surface area contributed by atoms with Crippen molar-refractivity contribution in [1.29, 1.82) is 0 Å². The van der Waals surface area contributed by atoms with E-state index in [4.69, 9.17) is 9.84 Å². The van der Waals surface area contributed by atoms with Crippen LogP contribution in [0.2, 0.25) is 0 Å². The molecule has 0 rings (SSSR count). The Hall–Kier alpha value is -0.670. The summed E-state index contributed by atoms with van der Waals surface area (Å²) in [6.07, 6.45) is 3.90.